The van der Waals surface area contributed by atoms with E-state index in [1.165, 1.54) is 32.1 Å². The zero-order valence-corrected chi connectivity index (χ0v) is 13.8. The van der Waals surface area contributed by atoms with Crippen molar-refractivity contribution in [1.29, 1.82) is 0 Å². The number of ether oxygens (including phenoxy) is 2. The lowest BCUT2D eigenvalue weighted by Crippen LogP contribution is -2.30. The van der Waals surface area contributed by atoms with E-state index >= 15 is 0 Å². The standard InChI is InChI=1S/C17H26ClNO2/c1-3-9-21-17-13(10-14(18)11-16(17)20-2)12-19-15-7-5-4-6-8-15/h10-11,15,19H,3-9,12H2,1-2H3. The van der Waals surface area contributed by atoms with Gasteiger partial charge in [0.05, 0.1) is 13.7 Å². The predicted molar refractivity (Wildman–Crippen MR) is 87.5 cm³/mol. The number of hydrogen-bond donors (Lipinski definition) is 1. The molecular weight excluding hydrogens is 286 g/mol. The number of nitrogens with one attached hydrogen (secondary N) is 1. The number of hydrogen-bond acceptors (Lipinski definition) is 3. The van der Waals surface area contributed by atoms with Gasteiger partial charge in [-0.1, -0.05) is 37.8 Å². The molecule has 1 saturated carbocycles. The molecule has 0 aromatic heterocycles. The van der Waals surface area contributed by atoms with E-state index in [0.717, 1.165) is 30.0 Å². The predicted octanol–water partition coefficient (Wildman–Crippen LogP) is 4.56. The summed E-state index contributed by atoms with van der Waals surface area (Å²) in [5, 5.41) is 4.33. The first-order valence-corrected chi connectivity index (χ1v) is 8.35. The third-order valence-corrected chi connectivity index (χ3v) is 4.17. The van der Waals surface area contributed by atoms with E-state index in [-0.39, 0.29) is 0 Å². The highest BCUT2D eigenvalue weighted by Gasteiger charge is 2.16. The van der Waals surface area contributed by atoms with E-state index in [0.29, 0.717) is 17.7 Å². The molecule has 4 heteroatoms. The SMILES string of the molecule is CCCOc1c(CNC2CCCCC2)cc(Cl)cc1OC. The van der Waals surface area contributed by atoms with E-state index in [1.807, 2.05) is 12.1 Å². The van der Waals surface area contributed by atoms with Crippen LogP contribution in [0.25, 0.3) is 0 Å². The van der Waals surface area contributed by atoms with Gasteiger partial charge >= 0.3 is 0 Å². The van der Waals surface area contributed by atoms with Crippen molar-refractivity contribution in [2.24, 2.45) is 0 Å². The summed E-state index contributed by atoms with van der Waals surface area (Å²) in [5.41, 5.74) is 1.08. The first-order chi connectivity index (χ1) is 10.2. The summed E-state index contributed by atoms with van der Waals surface area (Å²) in [6.45, 7) is 3.57. The Morgan fingerprint density at radius 1 is 1.24 bits per heavy atom. The second kappa shape index (κ2) is 8.50. The highest BCUT2D eigenvalue weighted by molar-refractivity contribution is 6.30. The Hall–Kier alpha value is -0.930. The quantitative estimate of drug-likeness (QED) is 0.800. The average molecular weight is 312 g/mol. The summed E-state index contributed by atoms with van der Waals surface area (Å²) in [6.07, 6.45) is 7.53. The van der Waals surface area contributed by atoms with Crippen LogP contribution in [0.2, 0.25) is 5.02 Å². The van der Waals surface area contributed by atoms with Crippen LogP contribution in [0.1, 0.15) is 51.0 Å². The van der Waals surface area contributed by atoms with E-state index < -0.39 is 0 Å². The summed E-state index contributed by atoms with van der Waals surface area (Å²) < 4.78 is 11.3. The van der Waals surface area contributed by atoms with Gasteiger partial charge in [0.1, 0.15) is 0 Å². The van der Waals surface area contributed by atoms with Gasteiger partial charge in [0.2, 0.25) is 0 Å². The Labute approximate surface area is 133 Å². The van der Waals surface area contributed by atoms with Gasteiger partial charge in [-0.25, -0.2) is 0 Å². The van der Waals surface area contributed by atoms with Crippen molar-refractivity contribution in [3.8, 4) is 11.5 Å². The molecule has 1 aliphatic carbocycles. The minimum Gasteiger partial charge on any atom is -0.493 e. The monoisotopic (exact) mass is 311 g/mol. The molecule has 1 aromatic rings. The first-order valence-electron chi connectivity index (χ1n) is 7.97. The Balaban J connectivity index is 2.09. The average Bonchev–Trinajstić information content (AvgIpc) is 2.52. The minimum atomic E-state index is 0.614. The van der Waals surface area contributed by atoms with Gasteiger partial charge < -0.3 is 14.8 Å². The molecule has 2 rings (SSSR count). The van der Waals surface area contributed by atoms with E-state index in [9.17, 15) is 0 Å². The first kappa shape index (κ1) is 16.4. The van der Waals surface area contributed by atoms with Gasteiger partial charge in [-0.05, 0) is 25.3 Å². The lowest BCUT2D eigenvalue weighted by molar-refractivity contribution is 0.288. The summed E-state index contributed by atoms with van der Waals surface area (Å²) in [6, 6.07) is 4.41. The molecule has 0 saturated heterocycles. The number of rotatable bonds is 7. The molecule has 0 heterocycles. The molecule has 0 bridgehead atoms. The Kier molecular flexibility index (Phi) is 6.65. The van der Waals surface area contributed by atoms with Gasteiger partial charge in [0, 0.05) is 29.2 Å². The van der Waals surface area contributed by atoms with Crippen molar-refractivity contribution >= 4 is 11.6 Å². The zero-order valence-electron chi connectivity index (χ0n) is 13.1. The Morgan fingerprint density at radius 2 is 2.00 bits per heavy atom. The second-order valence-electron chi connectivity index (χ2n) is 5.66. The van der Waals surface area contributed by atoms with Crippen molar-refractivity contribution in [1.82, 2.24) is 5.32 Å². The molecule has 1 aromatic carbocycles. The van der Waals surface area contributed by atoms with E-state index in [2.05, 4.69) is 12.2 Å². The smallest absolute Gasteiger partial charge is 0.165 e. The van der Waals surface area contributed by atoms with Crippen LogP contribution in [0.15, 0.2) is 12.1 Å². The summed E-state index contributed by atoms with van der Waals surface area (Å²) in [7, 11) is 1.66. The summed E-state index contributed by atoms with van der Waals surface area (Å²) in [4.78, 5) is 0. The molecule has 1 fully saturated rings. The number of halogens is 1. The molecule has 0 aliphatic heterocycles. The lowest BCUT2D eigenvalue weighted by Gasteiger charge is -2.24. The van der Waals surface area contributed by atoms with E-state index in [4.69, 9.17) is 21.1 Å². The number of benzene rings is 1. The number of methoxy groups -OCH3 is 1. The molecule has 0 spiro atoms. The molecule has 0 amide bonds. The topological polar surface area (TPSA) is 30.5 Å². The van der Waals surface area contributed by atoms with Crippen LogP contribution in [0.3, 0.4) is 0 Å². The Bertz CT molecular complexity index is 445. The van der Waals surface area contributed by atoms with E-state index in [1.54, 1.807) is 7.11 Å². The molecule has 0 unspecified atom stereocenters. The highest BCUT2D eigenvalue weighted by atomic mass is 35.5. The third kappa shape index (κ3) is 4.79. The van der Waals surface area contributed by atoms with Crippen molar-refractivity contribution in [2.45, 2.75) is 58.0 Å². The van der Waals surface area contributed by atoms with Gasteiger partial charge in [0.15, 0.2) is 11.5 Å². The van der Waals surface area contributed by atoms with Crippen LogP contribution in [-0.2, 0) is 6.54 Å². The summed E-state index contributed by atoms with van der Waals surface area (Å²) >= 11 is 6.19. The molecule has 118 valence electrons. The van der Waals surface area contributed by atoms with Gasteiger partial charge in [-0.2, -0.15) is 0 Å². The van der Waals surface area contributed by atoms with Gasteiger partial charge in [0.25, 0.3) is 0 Å². The normalized spacial score (nSPS) is 16.0. The molecule has 3 nitrogen and oxygen atoms in total. The maximum absolute atomic E-state index is 6.19. The largest absolute Gasteiger partial charge is 0.493 e. The van der Waals surface area contributed by atoms with Crippen LogP contribution < -0.4 is 14.8 Å². The van der Waals surface area contributed by atoms with Crippen LogP contribution in [0.4, 0.5) is 0 Å². The fraction of sp³-hybridized carbons (Fsp3) is 0.647. The fourth-order valence-electron chi connectivity index (χ4n) is 2.83. The van der Waals surface area contributed by atoms with Crippen molar-refractivity contribution in [2.75, 3.05) is 13.7 Å². The molecular formula is C17H26ClNO2. The lowest BCUT2D eigenvalue weighted by atomic mass is 9.95. The van der Waals surface area contributed by atoms with Crippen LogP contribution in [0, 0.1) is 0 Å². The van der Waals surface area contributed by atoms with Gasteiger partial charge in [-0.3, -0.25) is 0 Å². The second-order valence-corrected chi connectivity index (χ2v) is 6.10. The molecule has 21 heavy (non-hydrogen) atoms. The molecule has 0 atom stereocenters. The van der Waals surface area contributed by atoms with Crippen molar-refractivity contribution < 1.29 is 9.47 Å². The van der Waals surface area contributed by atoms with Crippen LogP contribution in [-0.4, -0.2) is 19.8 Å². The van der Waals surface area contributed by atoms with Crippen LogP contribution >= 0.6 is 11.6 Å². The highest BCUT2D eigenvalue weighted by Crippen LogP contribution is 2.35. The van der Waals surface area contributed by atoms with Gasteiger partial charge in [-0.15, -0.1) is 0 Å². The van der Waals surface area contributed by atoms with Crippen molar-refractivity contribution in [3.63, 3.8) is 0 Å². The maximum Gasteiger partial charge on any atom is 0.165 e. The molecule has 1 N–H and O–H groups in total. The minimum absolute atomic E-state index is 0.614. The third-order valence-electron chi connectivity index (χ3n) is 3.95. The van der Waals surface area contributed by atoms with Crippen molar-refractivity contribution in [3.05, 3.63) is 22.7 Å². The van der Waals surface area contributed by atoms with Crippen LogP contribution in [0.5, 0.6) is 11.5 Å². The maximum atomic E-state index is 6.19. The molecule has 1 aliphatic rings. The zero-order chi connectivity index (χ0) is 15.1. The Morgan fingerprint density at radius 3 is 2.67 bits per heavy atom. The fourth-order valence-corrected chi connectivity index (χ4v) is 3.07. The molecule has 0 radical (unpaired) electrons. The summed E-state index contributed by atoms with van der Waals surface area (Å²) in [5.74, 6) is 1.54.